The molecule has 3 aromatic rings. The number of hydrogen-bond donors (Lipinski definition) is 0. The first-order valence-corrected chi connectivity index (χ1v) is 11.6. The number of hydrogen-bond acceptors (Lipinski definition) is 8. The summed E-state index contributed by atoms with van der Waals surface area (Å²) in [5.74, 6) is 2.41. The van der Waals surface area contributed by atoms with E-state index in [1.165, 1.54) is 11.3 Å². The molecule has 34 heavy (non-hydrogen) atoms. The van der Waals surface area contributed by atoms with Crippen molar-refractivity contribution in [1.29, 1.82) is 0 Å². The van der Waals surface area contributed by atoms with Gasteiger partial charge in [-0.05, 0) is 63.0 Å². The standard InChI is InChI=1S/C25H31N3O5S/c1-27(2)14-7-15-28(22(29)13-9-17-8-10-18(30-3)21(16-17)33-6)25-26-23-19(31-4)11-12-20(32-5)24(23)34-25/h8-13,16H,7,14-15H2,1-6H3/b13-9+. The number of carbonyl (C=O) groups is 1. The lowest BCUT2D eigenvalue weighted by atomic mass is 10.2. The summed E-state index contributed by atoms with van der Waals surface area (Å²) >= 11 is 1.41. The number of methoxy groups -OCH3 is 4. The van der Waals surface area contributed by atoms with Crippen LogP contribution in [0.1, 0.15) is 12.0 Å². The highest BCUT2D eigenvalue weighted by molar-refractivity contribution is 7.22. The Kier molecular flexibility index (Phi) is 8.72. The SMILES string of the molecule is COc1ccc(/C=C/C(=O)N(CCCN(C)C)c2nc3c(OC)ccc(OC)c3s2)cc1OC. The fraction of sp³-hybridized carbons (Fsp3) is 0.360. The van der Waals surface area contributed by atoms with E-state index >= 15 is 0 Å². The molecule has 0 N–H and O–H groups in total. The fourth-order valence-electron chi connectivity index (χ4n) is 3.45. The van der Waals surface area contributed by atoms with Gasteiger partial charge in [-0.1, -0.05) is 17.4 Å². The highest BCUT2D eigenvalue weighted by atomic mass is 32.1. The zero-order valence-corrected chi connectivity index (χ0v) is 21.3. The minimum Gasteiger partial charge on any atom is -0.495 e. The van der Waals surface area contributed by atoms with Crippen LogP contribution in [0.15, 0.2) is 36.4 Å². The van der Waals surface area contributed by atoms with Crippen molar-refractivity contribution < 1.29 is 23.7 Å². The van der Waals surface area contributed by atoms with Crippen LogP contribution < -0.4 is 23.8 Å². The predicted octanol–water partition coefficient (Wildman–Crippen LogP) is 4.33. The van der Waals surface area contributed by atoms with Crippen LogP contribution in [0.5, 0.6) is 23.0 Å². The number of thiazole rings is 1. The molecule has 0 saturated carbocycles. The lowest BCUT2D eigenvalue weighted by Gasteiger charge is -2.19. The van der Waals surface area contributed by atoms with E-state index in [9.17, 15) is 4.79 Å². The first-order chi connectivity index (χ1) is 16.4. The number of benzene rings is 2. The molecule has 0 saturated heterocycles. The second-order valence-corrected chi connectivity index (χ2v) is 8.72. The molecule has 3 rings (SSSR count). The van der Waals surface area contributed by atoms with Crippen molar-refractivity contribution in [1.82, 2.24) is 9.88 Å². The molecule has 1 amide bonds. The summed E-state index contributed by atoms with van der Waals surface area (Å²) in [4.78, 5) is 21.9. The Morgan fingerprint density at radius 1 is 0.912 bits per heavy atom. The van der Waals surface area contributed by atoms with Gasteiger partial charge in [0.25, 0.3) is 5.91 Å². The van der Waals surface area contributed by atoms with Crippen molar-refractivity contribution >= 4 is 38.7 Å². The van der Waals surface area contributed by atoms with E-state index in [0.29, 0.717) is 40.2 Å². The van der Waals surface area contributed by atoms with Gasteiger partial charge in [-0.2, -0.15) is 0 Å². The molecular weight excluding hydrogens is 454 g/mol. The van der Waals surface area contributed by atoms with Crippen molar-refractivity contribution in [3.05, 3.63) is 42.0 Å². The molecule has 0 aliphatic carbocycles. The molecule has 2 aromatic carbocycles. The molecule has 182 valence electrons. The van der Waals surface area contributed by atoms with Crippen molar-refractivity contribution in [2.24, 2.45) is 0 Å². The van der Waals surface area contributed by atoms with E-state index in [1.54, 1.807) is 45.5 Å². The summed E-state index contributed by atoms with van der Waals surface area (Å²) in [5.41, 5.74) is 1.50. The first-order valence-electron chi connectivity index (χ1n) is 10.8. The topological polar surface area (TPSA) is 73.4 Å². The Bertz CT molecular complexity index is 1120. The largest absolute Gasteiger partial charge is 0.495 e. The zero-order chi connectivity index (χ0) is 24.7. The van der Waals surface area contributed by atoms with Gasteiger partial charge in [0.1, 0.15) is 21.7 Å². The predicted molar refractivity (Wildman–Crippen MR) is 137 cm³/mol. The Hall–Kier alpha value is -3.30. The van der Waals surface area contributed by atoms with E-state index in [4.69, 9.17) is 23.9 Å². The van der Waals surface area contributed by atoms with Gasteiger partial charge in [-0.3, -0.25) is 9.69 Å². The number of ether oxygens (including phenoxy) is 4. The Balaban J connectivity index is 1.94. The molecule has 0 atom stereocenters. The van der Waals surface area contributed by atoms with E-state index in [-0.39, 0.29) is 5.91 Å². The summed E-state index contributed by atoms with van der Waals surface area (Å²) in [6.07, 6.45) is 4.11. The maximum atomic E-state index is 13.3. The zero-order valence-electron chi connectivity index (χ0n) is 20.5. The summed E-state index contributed by atoms with van der Waals surface area (Å²) in [5, 5.41) is 0.596. The molecule has 0 aliphatic heterocycles. The molecule has 0 aliphatic rings. The van der Waals surface area contributed by atoms with Crippen LogP contribution >= 0.6 is 11.3 Å². The number of carbonyl (C=O) groups excluding carboxylic acids is 1. The van der Waals surface area contributed by atoms with E-state index < -0.39 is 0 Å². The summed E-state index contributed by atoms with van der Waals surface area (Å²) in [6, 6.07) is 9.17. The third kappa shape index (κ3) is 5.78. The molecule has 1 heterocycles. The Morgan fingerprint density at radius 2 is 1.56 bits per heavy atom. The molecule has 1 aromatic heterocycles. The van der Waals surface area contributed by atoms with Crippen molar-refractivity contribution in [2.45, 2.75) is 6.42 Å². The van der Waals surface area contributed by atoms with Crippen LogP contribution in [-0.4, -0.2) is 71.4 Å². The van der Waals surface area contributed by atoms with Gasteiger partial charge in [0, 0.05) is 12.6 Å². The minimum absolute atomic E-state index is 0.162. The summed E-state index contributed by atoms with van der Waals surface area (Å²) < 4.78 is 22.5. The van der Waals surface area contributed by atoms with Crippen LogP contribution in [0.3, 0.4) is 0 Å². The number of nitrogens with zero attached hydrogens (tertiary/aromatic N) is 3. The van der Waals surface area contributed by atoms with Crippen LogP contribution in [0, 0.1) is 0 Å². The number of amides is 1. The molecule has 9 heteroatoms. The van der Waals surface area contributed by atoms with Crippen molar-refractivity contribution in [3.8, 4) is 23.0 Å². The van der Waals surface area contributed by atoms with E-state index in [2.05, 4.69) is 4.90 Å². The fourth-order valence-corrected chi connectivity index (χ4v) is 4.55. The number of anilines is 1. The van der Waals surface area contributed by atoms with Crippen LogP contribution in [0.25, 0.3) is 16.3 Å². The molecular formula is C25H31N3O5S. The van der Waals surface area contributed by atoms with Crippen LogP contribution in [0.2, 0.25) is 0 Å². The Labute approximate surface area is 204 Å². The van der Waals surface area contributed by atoms with Gasteiger partial charge in [-0.15, -0.1) is 0 Å². The lowest BCUT2D eigenvalue weighted by molar-refractivity contribution is -0.114. The second-order valence-electron chi connectivity index (χ2n) is 7.74. The van der Waals surface area contributed by atoms with Crippen LogP contribution in [-0.2, 0) is 4.79 Å². The first kappa shape index (κ1) is 25.3. The van der Waals surface area contributed by atoms with Gasteiger partial charge >= 0.3 is 0 Å². The van der Waals surface area contributed by atoms with Gasteiger partial charge in [0.05, 0.1) is 28.4 Å². The quantitative estimate of drug-likeness (QED) is 0.374. The molecule has 8 nitrogen and oxygen atoms in total. The maximum absolute atomic E-state index is 13.3. The summed E-state index contributed by atoms with van der Waals surface area (Å²) in [7, 11) is 10.4. The molecule has 0 fully saturated rings. The average Bonchev–Trinajstić information content (AvgIpc) is 3.29. The van der Waals surface area contributed by atoms with Gasteiger partial charge in [0.15, 0.2) is 16.6 Å². The highest BCUT2D eigenvalue weighted by Crippen LogP contribution is 2.40. The summed E-state index contributed by atoms with van der Waals surface area (Å²) in [6.45, 7) is 1.37. The Morgan fingerprint density at radius 3 is 2.21 bits per heavy atom. The van der Waals surface area contributed by atoms with Crippen molar-refractivity contribution in [3.63, 3.8) is 0 Å². The lowest BCUT2D eigenvalue weighted by Crippen LogP contribution is -2.32. The molecule has 0 radical (unpaired) electrons. The second kappa shape index (κ2) is 11.7. The monoisotopic (exact) mass is 485 g/mol. The van der Waals surface area contributed by atoms with Crippen molar-refractivity contribution in [2.75, 3.05) is 60.5 Å². The third-order valence-electron chi connectivity index (χ3n) is 5.21. The number of rotatable bonds is 11. The van der Waals surface area contributed by atoms with Crippen LogP contribution in [0.4, 0.5) is 5.13 Å². The minimum atomic E-state index is -0.162. The van der Waals surface area contributed by atoms with Gasteiger partial charge < -0.3 is 23.8 Å². The smallest absolute Gasteiger partial charge is 0.252 e. The molecule has 0 unspecified atom stereocenters. The average molecular weight is 486 g/mol. The maximum Gasteiger partial charge on any atom is 0.252 e. The highest BCUT2D eigenvalue weighted by Gasteiger charge is 2.21. The number of fused-ring (bicyclic) bond motifs is 1. The molecule has 0 spiro atoms. The van der Waals surface area contributed by atoms with Gasteiger partial charge in [0.2, 0.25) is 0 Å². The van der Waals surface area contributed by atoms with E-state index in [1.807, 2.05) is 44.4 Å². The number of aromatic nitrogens is 1. The third-order valence-corrected chi connectivity index (χ3v) is 6.30. The molecule has 0 bridgehead atoms. The van der Waals surface area contributed by atoms with E-state index in [0.717, 1.165) is 23.2 Å². The van der Waals surface area contributed by atoms with Gasteiger partial charge in [-0.25, -0.2) is 4.98 Å². The normalized spacial score (nSPS) is 11.3.